The average molecular weight is 220 g/mol. The molecule has 0 bridgehead atoms. The van der Waals surface area contributed by atoms with Gasteiger partial charge in [-0.25, -0.2) is 8.78 Å². The van der Waals surface area contributed by atoms with Gasteiger partial charge in [0.2, 0.25) is 0 Å². The van der Waals surface area contributed by atoms with Crippen LogP contribution >= 0.6 is 11.6 Å². The van der Waals surface area contributed by atoms with E-state index in [-0.39, 0.29) is 6.04 Å². The summed E-state index contributed by atoms with van der Waals surface area (Å²) in [6, 6.07) is 2.57. The maximum Gasteiger partial charge on any atom is 0.147 e. The molecule has 1 atom stereocenters. The van der Waals surface area contributed by atoms with Gasteiger partial charge in [-0.3, -0.25) is 0 Å². The Hall–Kier alpha value is -0.670. The normalized spacial score (nSPS) is 12.9. The zero-order valence-corrected chi connectivity index (χ0v) is 8.61. The van der Waals surface area contributed by atoms with Gasteiger partial charge >= 0.3 is 0 Å². The Labute approximate surface area is 86.9 Å². The highest BCUT2D eigenvalue weighted by Gasteiger charge is 2.11. The summed E-state index contributed by atoms with van der Waals surface area (Å²) >= 11 is 5.42. The van der Waals surface area contributed by atoms with Crippen LogP contribution in [0.15, 0.2) is 12.1 Å². The summed E-state index contributed by atoms with van der Waals surface area (Å²) in [5.41, 5.74) is 5.94. The first-order chi connectivity index (χ1) is 6.52. The SMILES string of the molecule is CC(N)CCc1ccc(F)c(Cl)c1F. The molecule has 0 radical (unpaired) electrons. The molecule has 78 valence electrons. The van der Waals surface area contributed by atoms with Crippen LogP contribution in [0.1, 0.15) is 18.9 Å². The largest absolute Gasteiger partial charge is 0.328 e. The highest BCUT2D eigenvalue weighted by molar-refractivity contribution is 6.30. The van der Waals surface area contributed by atoms with Crippen LogP contribution in [0.5, 0.6) is 0 Å². The summed E-state index contributed by atoms with van der Waals surface area (Å²) in [5.74, 6) is -1.40. The van der Waals surface area contributed by atoms with E-state index in [1.807, 2.05) is 6.92 Å². The molecule has 0 aliphatic carbocycles. The lowest BCUT2D eigenvalue weighted by atomic mass is 10.1. The topological polar surface area (TPSA) is 26.0 Å². The van der Waals surface area contributed by atoms with Gasteiger partial charge in [0.25, 0.3) is 0 Å². The standard InChI is InChI=1S/C10H12ClF2N/c1-6(14)2-3-7-4-5-8(12)9(11)10(7)13/h4-6H,2-3,14H2,1H3. The molecule has 0 saturated heterocycles. The third-order valence-corrected chi connectivity index (χ3v) is 2.33. The zero-order chi connectivity index (χ0) is 10.7. The first-order valence-corrected chi connectivity index (χ1v) is 4.78. The van der Waals surface area contributed by atoms with E-state index in [4.69, 9.17) is 17.3 Å². The molecule has 1 unspecified atom stereocenters. The van der Waals surface area contributed by atoms with Gasteiger partial charge in [-0.1, -0.05) is 17.7 Å². The first-order valence-electron chi connectivity index (χ1n) is 4.40. The molecule has 0 aliphatic rings. The molecule has 1 aromatic carbocycles. The molecule has 14 heavy (non-hydrogen) atoms. The molecule has 4 heteroatoms. The number of benzene rings is 1. The van der Waals surface area contributed by atoms with E-state index < -0.39 is 16.7 Å². The van der Waals surface area contributed by atoms with Crippen molar-refractivity contribution in [1.29, 1.82) is 0 Å². The van der Waals surface area contributed by atoms with Crippen molar-refractivity contribution in [1.82, 2.24) is 0 Å². The van der Waals surface area contributed by atoms with E-state index >= 15 is 0 Å². The molecule has 0 aliphatic heterocycles. The summed E-state index contributed by atoms with van der Waals surface area (Å²) in [6.07, 6.45) is 1.13. The molecule has 0 amide bonds. The Morgan fingerprint density at radius 1 is 1.43 bits per heavy atom. The number of hydrogen-bond donors (Lipinski definition) is 1. The molecule has 0 aromatic heterocycles. The van der Waals surface area contributed by atoms with Crippen molar-refractivity contribution in [2.75, 3.05) is 0 Å². The Bertz CT molecular complexity index is 326. The predicted molar refractivity (Wildman–Crippen MR) is 53.3 cm³/mol. The molecule has 2 N–H and O–H groups in total. The molecule has 0 heterocycles. The summed E-state index contributed by atoms with van der Waals surface area (Å²) in [7, 11) is 0. The maximum absolute atomic E-state index is 13.3. The quantitative estimate of drug-likeness (QED) is 0.778. The monoisotopic (exact) mass is 219 g/mol. The molecular weight excluding hydrogens is 208 g/mol. The van der Waals surface area contributed by atoms with Crippen molar-refractivity contribution < 1.29 is 8.78 Å². The van der Waals surface area contributed by atoms with Crippen molar-refractivity contribution >= 4 is 11.6 Å². The molecule has 1 nitrogen and oxygen atoms in total. The Morgan fingerprint density at radius 2 is 2.07 bits per heavy atom. The third kappa shape index (κ3) is 2.66. The van der Waals surface area contributed by atoms with Crippen LogP contribution in [0, 0.1) is 11.6 Å². The first kappa shape index (κ1) is 11.4. The second-order valence-corrected chi connectivity index (χ2v) is 3.73. The lowest BCUT2D eigenvalue weighted by Crippen LogP contribution is -2.15. The van der Waals surface area contributed by atoms with Gasteiger partial charge in [0.15, 0.2) is 0 Å². The molecule has 1 rings (SSSR count). The Balaban J connectivity index is 2.83. The lowest BCUT2D eigenvalue weighted by molar-refractivity contribution is 0.563. The van der Waals surface area contributed by atoms with Crippen molar-refractivity contribution in [2.45, 2.75) is 25.8 Å². The lowest BCUT2D eigenvalue weighted by Gasteiger charge is -2.07. The van der Waals surface area contributed by atoms with Crippen LogP contribution in [0.3, 0.4) is 0 Å². The van der Waals surface area contributed by atoms with Gasteiger partial charge in [0, 0.05) is 6.04 Å². The number of aryl methyl sites for hydroxylation is 1. The van der Waals surface area contributed by atoms with Crippen molar-refractivity contribution in [3.05, 3.63) is 34.4 Å². The number of rotatable bonds is 3. The predicted octanol–water partition coefficient (Wildman–Crippen LogP) is 2.90. The van der Waals surface area contributed by atoms with Crippen LogP contribution in [0.25, 0.3) is 0 Å². The van der Waals surface area contributed by atoms with Crippen molar-refractivity contribution in [3.8, 4) is 0 Å². The fraction of sp³-hybridized carbons (Fsp3) is 0.400. The number of hydrogen-bond acceptors (Lipinski definition) is 1. The highest BCUT2D eigenvalue weighted by Crippen LogP contribution is 2.22. The van der Waals surface area contributed by atoms with E-state index in [2.05, 4.69) is 0 Å². The Kier molecular flexibility index (Phi) is 3.84. The van der Waals surface area contributed by atoms with Gasteiger partial charge in [0.1, 0.15) is 16.7 Å². The number of halogens is 3. The second kappa shape index (κ2) is 4.71. The summed E-state index contributed by atoms with van der Waals surface area (Å²) < 4.78 is 26.1. The van der Waals surface area contributed by atoms with Gasteiger partial charge in [-0.15, -0.1) is 0 Å². The molecule has 1 aromatic rings. The molecule has 0 fully saturated rings. The van der Waals surface area contributed by atoms with Gasteiger partial charge in [0.05, 0.1) is 0 Å². The van der Waals surface area contributed by atoms with Gasteiger partial charge < -0.3 is 5.73 Å². The summed E-state index contributed by atoms with van der Waals surface area (Å²) in [5, 5.41) is -0.438. The van der Waals surface area contributed by atoms with E-state index in [0.717, 1.165) is 0 Å². The molecule has 0 saturated carbocycles. The van der Waals surface area contributed by atoms with Crippen LogP contribution < -0.4 is 5.73 Å². The minimum Gasteiger partial charge on any atom is -0.328 e. The van der Waals surface area contributed by atoms with E-state index in [9.17, 15) is 8.78 Å². The third-order valence-electron chi connectivity index (χ3n) is 1.98. The average Bonchev–Trinajstić information content (AvgIpc) is 2.13. The van der Waals surface area contributed by atoms with E-state index in [1.54, 1.807) is 0 Å². The van der Waals surface area contributed by atoms with E-state index in [0.29, 0.717) is 18.4 Å². The van der Waals surface area contributed by atoms with Crippen LogP contribution in [0.2, 0.25) is 5.02 Å². The van der Waals surface area contributed by atoms with Crippen molar-refractivity contribution in [3.63, 3.8) is 0 Å². The smallest absolute Gasteiger partial charge is 0.147 e. The fourth-order valence-electron chi connectivity index (χ4n) is 1.14. The Morgan fingerprint density at radius 3 is 2.64 bits per heavy atom. The van der Waals surface area contributed by atoms with Gasteiger partial charge in [-0.2, -0.15) is 0 Å². The van der Waals surface area contributed by atoms with Crippen LogP contribution in [0.4, 0.5) is 8.78 Å². The summed E-state index contributed by atoms with van der Waals surface area (Å²) in [4.78, 5) is 0. The minimum atomic E-state index is -0.728. The fourth-order valence-corrected chi connectivity index (χ4v) is 1.33. The minimum absolute atomic E-state index is 0.00164. The molecule has 0 spiro atoms. The second-order valence-electron chi connectivity index (χ2n) is 3.35. The zero-order valence-electron chi connectivity index (χ0n) is 7.86. The number of nitrogens with two attached hydrogens (primary N) is 1. The van der Waals surface area contributed by atoms with Crippen molar-refractivity contribution in [2.24, 2.45) is 5.73 Å². The van der Waals surface area contributed by atoms with Gasteiger partial charge in [-0.05, 0) is 31.4 Å². The van der Waals surface area contributed by atoms with E-state index in [1.165, 1.54) is 12.1 Å². The molecular formula is C10H12ClF2N. The highest BCUT2D eigenvalue weighted by atomic mass is 35.5. The van der Waals surface area contributed by atoms with Crippen LogP contribution in [-0.4, -0.2) is 6.04 Å². The van der Waals surface area contributed by atoms with Crippen LogP contribution in [-0.2, 0) is 6.42 Å². The maximum atomic E-state index is 13.3. The summed E-state index contributed by atoms with van der Waals surface area (Å²) in [6.45, 7) is 1.84.